The largest absolute Gasteiger partial charge is 0.310 e. The molecule has 1 atom stereocenters. The molecule has 0 radical (unpaired) electrons. The third-order valence-corrected chi connectivity index (χ3v) is 3.79. The number of rotatable bonds is 1. The van der Waals surface area contributed by atoms with E-state index in [1.807, 2.05) is 0 Å². The molecule has 1 amide bonds. The third-order valence-electron chi connectivity index (χ3n) is 3.17. The molecule has 0 bridgehead atoms. The number of amides is 1. The van der Waals surface area contributed by atoms with Crippen LogP contribution in [0.25, 0.3) is 10.8 Å². The minimum Gasteiger partial charge on any atom is -0.310 e. The number of alkyl halides is 1. The van der Waals surface area contributed by atoms with Crippen molar-refractivity contribution in [2.24, 2.45) is 0 Å². The number of nitrogens with zero attached hydrogens (tertiary/aromatic N) is 1. The molecule has 0 saturated carbocycles. The highest BCUT2D eigenvalue weighted by molar-refractivity contribution is 9.09. The van der Waals surface area contributed by atoms with Gasteiger partial charge in [0.25, 0.3) is 11.1 Å². The Hall–Kier alpha value is -1.89. The van der Waals surface area contributed by atoms with Gasteiger partial charge in [-0.05, 0) is 12.1 Å². The molecule has 1 aromatic carbocycles. The van der Waals surface area contributed by atoms with Gasteiger partial charge in [0.15, 0.2) is 0 Å². The van der Waals surface area contributed by atoms with E-state index in [2.05, 4.69) is 26.1 Å². The number of hydrogen-bond donors (Lipinski definition) is 2. The van der Waals surface area contributed by atoms with Crippen molar-refractivity contribution < 1.29 is 4.79 Å². The van der Waals surface area contributed by atoms with Gasteiger partial charge in [-0.15, -0.1) is 0 Å². The average Bonchev–Trinajstić information content (AvgIpc) is 2.72. The lowest BCUT2D eigenvalue weighted by molar-refractivity contribution is -0.117. The first kappa shape index (κ1) is 12.2. The second kappa shape index (κ2) is 4.34. The van der Waals surface area contributed by atoms with Crippen LogP contribution in [0, 0.1) is 0 Å². The number of hydrogen-bond acceptors (Lipinski definition) is 3. The fraction of sp³-hybridized carbons (Fsp3) is 0.250. The van der Waals surface area contributed by atoms with Gasteiger partial charge in [0.05, 0.1) is 16.5 Å². The summed E-state index contributed by atoms with van der Waals surface area (Å²) in [6, 6.07) is 4.92. The first-order chi connectivity index (χ1) is 9.08. The molecule has 1 saturated heterocycles. The molecule has 7 heteroatoms. The maximum absolute atomic E-state index is 11.9. The van der Waals surface area contributed by atoms with Gasteiger partial charge >= 0.3 is 0 Å². The number of fused-ring (bicyclic) bond motifs is 1. The smallest absolute Gasteiger partial charge is 0.272 e. The number of nitrogens with one attached hydrogen (secondary N) is 2. The maximum atomic E-state index is 11.9. The summed E-state index contributed by atoms with van der Waals surface area (Å²) in [6.07, 6.45) is 0.386. The minimum absolute atomic E-state index is 0.0611. The zero-order valence-corrected chi connectivity index (χ0v) is 11.4. The third kappa shape index (κ3) is 1.90. The molecular formula is C12H10BrN3O3. The van der Waals surface area contributed by atoms with Gasteiger partial charge in [0, 0.05) is 17.8 Å². The van der Waals surface area contributed by atoms with E-state index < -0.39 is 5.56 Å². The second-order valence-corrected chi connectivity index (χ2v) is 5.71. The normalized spacial score (nSPS) is 19.3. The molecule has 1 aromatic heterocycles. The SMILES string of the molecule is O=C1CC(Br)CN1c1cccc2c(=O)[nH][nH]c(=O)c12. The quantitative estimate of drug-likeness (QED) is 0.758. The van der Waals surface area contributed by atoms with Crippen molar-refractivity contribution in [2.75, 3.05) is 11.4 Å². The monoisotopic (exact) mass is 323 g/mol. The minimum atomic E-state index is -0.406. The Morgan fingerprint density at radius 2 is 1.89 bits per heavy atom. The molecule has 3 rings (SSSR count). The fourth-order valence-electron chi connectivity index (χ4n) is 2.33. The molecule has 1 aliphatic rings. The van der Waals surface area contributed by atoms with Crippen LogP contribution in [0.2, 0.25) is 0 Å². The van der Waals surface area contributed by atoms with Gasteiger partial charge in [-0.3, -0.25) is 24.6 Å². The van der Waals surface area contributed by atoms with Gasteiger partial charge in [0.1, 0.15) is 0 Å². The Labute approximate surface area is 115 Å². The van der Waals surface area contributed by atoms with E-state index >= 15 is 0 Å². The summed E-state index contributed by atoms with van der Waals surface area (Å²) in [6.45, 7) is 0.490. The number of aromatic nitrogens is 2. The van der Waals surface area contributed by atoms with Crippen molar-refractivity contribution in [1.29, 1.82) is 0 Å². The lowest BCUT2D eigenvalue weighted by Crippen LogP contribution is -2.28. The summed E-state index contributed by atoms with van der Waals surface area (Å²) >= 11 is 3.40. The van der Waals surface area contributed by atoms with Crippen LogP contribution in [0.1, 0.15) is 6.42 Å². The topological polar surface area (TPSA) is 86.0 Å². The molecule has 2 heterocycles. The summed E-state index contributed by atoms with van der Waals surface area (Å²) < 4.78 is 0. The molecule has 0 aliphatic carbocycles. The Morgan fingerprint density at radius 3 is 2.58 bits per heavy atom. The summed E-state index contributed by atoms with van der Waals surface area (Å²) in [5, 5.41) is 5.10. The summed E-state index contributed by atoms with van der Waals surface area (Å²) in [5.74, 6) is -0.0611. The highest BCUT2D eigenvalue weighted by Crippen LogP contribution is 2.28. The number of H-pyrrole nitrogens is 2. The Bertz CT molecular complexity index is 780. The van der Waals surface area contributed by atoms with Gasteiger partial charge < -0.3 is 4.90 Å². The average molecular weight is 324 g/mol. The van der Waals surface area contributed by atoms with Crippen molar-refractivity contribution >= 4 is 38.3 Å². The van der Waals surface area contributed by atoms with Crippen LogP contribution in [-0.4, -0.2) is 27.5 Å². The number of anilines is 1. The van der Waals surface area contributed by atoms with Gasteiger partial charge in [-0.2, -0.15) is 0 Å². The summed E-state index contributed by atoms with van der Waals surface area (Å²) in [4.78, 5) is 37.2. The number of carbonyl (C=O) groups is 1. The van der Waals surface area contributed by atoms with E-state index in [0.29, 0.717) is 18.7 Å². The predicted molar refractivity (Wildman–Crippen MR) is 74.9 cm³/mol. The molecule has 1 unspecified atom stereocenters. The highest BCUT2D eigenvalue weighted by Gasteiger charge is 2.30. The van der Waals surface area contributed by atoms with Crippen LogP contribution in [0.4, 0.5) is 5.69 Å². The molecule has 6 nitrogen and oxygen atoms in total. The lowest BCUT2D eigenvalue weighted by Gasteiger charge is -2.17. The number of halogens is 1. The van der Waals surface area contributed by atoms with Crippen molar-refractivity contribution in [1.82, 2.24) is 10.2 Å². The van der Waals surface area contributed by atoms with Crippen LogP contribution >= 0.6 is 15.9 Å². The van der Waals surface area contributed by atoms with E-state index in [-0.39, 0.29) is 27.1 Å². The molecule has 2 N–H and O–H groups in total. The molecular weight excluding hydrogens is 314 g/mol. The van der Waals surface area contributed by atoms with Gasteiger partial charge in [-0.25, -0.2) is 0 Å². The standard InChI is InChI=1S/C12H10BrN3O3/c13-6-4-9(17)16(5-6)8-3-1-2-7-10(8)12(19)15-14-11(7)18/h1-3,6H,4-5H2,(H,14,18)(H,15,19). The van der Waals surface area contributed by atoms with E-state index in [1.54, 1.807) is 18.2 Å². The Balaban J connectivity index is 2.31. The first-order valence-corrected chi connectivity index (χ1v) is 6.67. The molecule has 0 spiro atoms. The van der Waals surface area contributed by atoms with Crippen molar-refractivity contribution in [3.05, 3.63) is 38.9 Å². The van der Waals surface area contributed by atoms with Crippen molar-refractivity contribution in [2.45, 2.75) is 11.2 Å². The fourth-order valence-corrected chi connectivity index (χ4v) is 2.90. The zero-order valence-electron chi connectivity index (χ0n) is 9.77. The van der Waals surface area contributed by atoms with Crippen molar-refractivity contribution in [3.63, 3.8) is 0 Å². The molecule has 1 aliphatic heterocycles. The molecule has 19 heavy (non-hydrogen) atoms. The zero-order chi connectivity index (χ0) is 13.6. The van der Waals surface area contributed by atoms with Crippen LogP contribution in [0.15, 0.2) is 27.8 Å². The van der Waals surface area contributed by atoms with E-state index in [1.165, 1.54) is 4.90 Å². The van der Waals surface area contributed by atoms with Crippen LogP contribution in [0.5, 0.6) is 0 Å². The second-order valence-electron chi connectivity index (χ2n) is 4.41. The molecule has 1 fully saturated rings. The summed E-state index contributed by atoms with van der Waals surface area (Å²) in [5.41, 5.74) is -0.300. The summed E-state index contributed by atoms with van der Waals surface area (Å²) in [7, 11) is 0. The van der Waals surface area contributed by atoms with Gasteiger partial charge in [0.2, 0.25) is 5.91 Å². The van der Waals surface area contributed by atoms with E-state index in [9.17, 15) is 14.4 Å². The van der Waals surface area contributed by atoms with Crippen LogP contribution < -0.4 is 16.0 Å². The number of benzene rings is 1. The number of aromatic amines is 2. The van der Waals surface area contributed by atoms with Crippen LogP contribution in [0.3, 0.4) is 0 Å². The van der Waals surface area contributed by atoms with Crippen LogP contribution in [-0.2, 0) is 4.79 Å². The molecule has 98 valence electrons. The lowest BCUT2D eigenvalue weighted by atomic mass is 10.1. The molecule has 2 aromatic rings. The Morgan fingerprint density at radius 1 is 1.16 bits per heavy atom. The number of carbonyl (C=O) groups excluding carboxylic acids is 1. The van der Waals surface area contributed by atoms with Gasteiger partial charge in [-0.1, -0.05) is 22.0 Å². The predicted octanol–water partition coefficient (Wildman–Crippen LogP) is 0.717. The first-order valence-electron chi connectivity index (χ1n) is 5.76. The highest BCUT2D eigenvalue weighted by atomic mass is 79.9. The van der Waals surface area contributed by atoms with Crippen molar-refractivity contribution in [3.8, 4) is 0 Å². The van der Waals surface area contributed by atoms with E-state index in [4.69, 9.17) is 0 Å². The maximum Gasteiger partial charge on any atom is 0.272 e. The van der Waals surface area contributed by atoms with E-state index in [0.717, 1.165) is 0 Å². The Kier molecular flexibility index (Phi) is 2.78.